The zero-order valence-electron chi connectivity index (χ0n) is 15.5. The molecule has 142 valence electrons. The molecule has 1 amide bonds. The number of carbonyl (C=O) groups is 1. The first kappa shape index (κ1) is 19.1. The first-order chi connectivity index (χ1) is 13.3. The Morgan fingerprint density at radius 2 is 1.93 bits per heavy atom. The van der Waals surface area contributed by atoms with Crippen LogP contribution < -0.4 is 10.1 Å². The summed E-state index contributed by atoms with van der Waals surface area (Å²) in [5, 5.41) is 2.92. The minimum absolute atomic E-state index is 0.0844. The summed E-state index contributed by atoms with van der Waals surface area (Å²) in [6, 6.07) is 17.8. The number of amides is 1. The molecule has 0 bridgehead atoms. The topological polar surface area (TPSA) is 50.8 Å². The molecular formula is C22H26N2O3. The summed E-state index contributed by atoms with van der Waals surface area (Å²) in [7, 11) is 0. The second kappa shape index (κ2) is 10.5. The van der Waals surface area contributed by atoms with Crippen LogP contribution in [0.25, 0.3) is 6.08 Å². The Bertz CT molecular complexity index is 740. The molecule has 1 saturated heterocycles. The van der Waals surface area contributed by atoms with E-state index in [0.717, 1.165) is 49.7 Å². The van der Waals surface area contributed by atoms with Crippen molar-refractivity contribution in [2.75, 3.05) is 39.4 Å². The Balaban J connectivity index is 1.43. The molecule has 0 aromatic heterocycles. The third-order valence-corrected chi connectivity index (χ3v) is 4.36. The zero-order chi connectivity index (χ0) is 18.7. The number of carbonyl (C=O) groups excluding carboxylic acids is 1. The Hall–Kier alpha value is -2.63. The highest BCUT2D eigenvalue weighted by atomic mass is 16.5. The monoisotopic (exact) mass is 366 g/mol. The van der Waals surface area contributed by atoms with E-state index in [2.05, 4.69) is 10.2 Å². The molecule has 1 aliphatic rings. The number of hydrogen-bond donors (Lipinski definition) is 1. The van der Waals surface area contributed by atoms with Crippen LogP contribution in [-0.2, 0) is 16.1 Å². The molecule has 2 aromatic carbocycles. The van der Waals surface area contributed by atoms with Gasteiger partial charge in [-0.3, -0.25) is 9.69 Å². The predicted molar refractivity (Wildman–Crippen MR) is 107 cm³/mol. The van der Waals surface area contributed by atoms with E-state index in [1.807, 2.05) is 54.6 Å². The van der Waals surface area contributed by atoms with E-state index < -0.39 is 0 Å². The number of hydrogen-bond acceptors (Lipinski definition) is 4. The highest BCUT2D eigenvalue weighted by molar-refractivity contribution is 5.91. The molecule has 0 atom stereocenters. The van der Waals surface area contributed by atoms with Crippen LogP contribution in [-0.4, -0.2) is 50.2 Å². The van der Waals surface area contributed by atoms with Gasteiger partial charge in [-0.1, -0.05) is 42.5 Å². The molecule has 0 radical (unpaired) electrons. The Kier molecular flexibility index (Phi) is 7.45. The second-order valence-electron chi connectivity index (χ2n) is 6.43. The quantitative estimate of drug-likeness (QED) is 0.730. The molecule has 1 N–H and O–H groups in total. The van der Waals surface area contributed by atoms with Crippen LogP contribution >= 0.6 is 0 Å². The molecule has 3 rings (SSSR count). The predicted octanol–water partition coefficient (Wildman–Crippen LogP) is 2.73. The minimum atomic E-state index is -0.0844. The highest BCUT2D eigenvalue weighted by Gasteiger charge is 2.09. The maximum Gasteiger partial charge on any atom is 0.244 e. The standard InChI is InChI=1S/C22H26N2O3/c25-22(23-11-12-24-13-15-26-16-14-24)10-9-19-7-4-8-21(17-19)27-18-20-5-2-1-3-6-20/h1-10,17H,11-16,18H2,(H,23,25)/b10-9+. The highest BCUT2D eigenvalue weighted by Crippen LogP contribution is 2.16. The van der Waals surface area contributed by atoms with Crippen LogP contribution in [0.5, 0.6) is 5.75 Å². The molecule has 27 heavy (non-hydrogen) atoms. The third kappa shape index (κ3) is 6.89. The number of nitrogens with one attached hydrogen (secondary N) is 1. The molecule has 1 heterocycles. The summed E-state index contributed by atoms with van der Waals surface area (Å²) < 4.78 is 11.1. The van der Waals surface area contributed by atoms with Gasteiger partial charge >= 0.3 is 0 Å². The van der Waals surface area contributed by atoms with Crippen molar-refractivity contribution in [3.05, 3.63) is 71.8 Å². The van der Waals surface area contributed by atoms with E-state index in [4.69, 9.17) is 9.47 Å². The van der Waals surface area contributed by atoms with Gasteiger partial charge in [0.25, 0.3) is 0 Å². The van der Waals surface area contributed by atoms with Gasteiger partial charge < -0.3 is 14.8 Å². The van der Waals surface area contributed by atoms with Crippen LogP contribution in [0.4, 0.5) is 0 Å². The van der Waals surface area contributed by atoms with E-state index in [0.29, 0.717) is 13.2 Å². The molecule has 2 aromatic rings. The number of rotatable bonds is 8. The summed E-state index contributed by atoms with van der Waals surface area (Å²) in [4.78, 5) is 14.3. The fraction of sp³-hybridized carbons (Fsp3) is 0.318. The first-order valence-electron chi connectivity index (χ1n) is 9.32. The Morgan fingerprint density at radius 3 is 2.74 bits per heavy atom. The van der Waals surface area contributed by atoms with Gasteiger partial charge in [0, 0.05) is 32.3 Å². The average molecular weight is 366 g/mol. The van der Waals surface area contributed by atoms with E-state index >= 15 is 0 Å². The van der Waals surface area contributed by atoms with E-state index in [1.165, 1.54) is 0 Å². The fourth-order valence-electron chi connectivity index (χ4n) is 2.84. The van der Waals surface area contributed by atoms with E-state index in [9.17, 15) is 4.79 Å². The van der Waals surface area contributed by atoms with Crippen molar-refractivity contribution in [2.45, 2.75) is 6.61 Å². The molecule has 1 fully saturated rings. The van der Waals surface area contributed by atoms with Gasteiger partial charge in [-0.2, -0.15) is 0 Å². The molecule has 0 spiro atoms. The summed E-state index contributed by atoms with van der Waals surface area (Å²) in [5.41, 5.74) is 2.06. The average Bonchev–Trinajstić information content (AvgIpc) is 2.73. The summed E-state index contributed by atoms with van der Waals surface area (Å²) >= 11 is 0. The molecule has 1 aliphatic heterocycles. The summed E-state index contributed by atoms with van der Waals surface area (Å²) in [6.45, 7) is 5.43. The molecule has 5 heteroatoms. The number of ether oxygens (including phenoxy) is 2. The van der Waals surface area contributed by atoms with Crippen molar-refractivity contribution in [2.24, 2.45) is 0 Å². The molecular weight excluding hydrogens is 340 g/mol. The molecule has 0 saturated carbocycles. The SMILES string of the molecule is O=C(/C=C/c1cccc(OCc2ccccc2)c1)NCCN1CCOCC1. The third-order valence-electron chi connectivity index (χ3n) is 4.36. The van der Waals surface area contributed by atoms with Gasteiger partial charge in [0.1, 0.15) is 12.4 Å². The van der Waals surface area contributed by atoms with Crippen molar-refractivity contribution >= 4 is 12.0 Å². The second-order valence-corrected chi connectivity index (χ2v) is 6.43. The van der Waals surface area contributed by atoms with Crippen molar-refractivity contribution in [3.8, 4) is 5.75 Å². The van der Waals surface area contributed by atoms with Gasteiger partial charge in [-0.05, 0) is 29.3 Å². The normalized spacial score (nSPS) is 15.0. The summed E-state index contributed by atoms with van der Waals surface area (Å²) in [5.74, 6) is 0.701. The van der Waals surface area contributed by atoms with Gasteiger partial charge in [-0.25, -0.2) is 0 Å². The molecule has 0 unspecified atom stereocenters. The lowest BCUT2D eigenvalue weighted by molar-refractivity contribution is -0.116. The van der Waals surface area contributed by atoms with Gasteiger partial charge in [-0.15, -0.1) is 0 Å². The van der Waals surface area contributed by atoms with Crippen molar-refractivity contribution < 1.29 is 14.3 Å². The Labute approximate surface area is 160 Å². The number of morpholine rings is 1. The van der Waals surface area contributed by atoms with Gasteiger partial charge in [0.2, 0.25) is 5.91 Å². The largest absolute Gasteiger partial charge is 0.489 e. The molecule has 0 aliphatic carbocycles. The maximum atomic E-state index is 12.0. The Morgan fingerprint density at radius 1 is 1.11 bits per heavy atom. The number of nitrogens with zero attached hydrogens (tertiary/aromatic N) is 1. The van der Waals surface area contributed by atoms with Crippen LogP contribution in [0.1, 0.15) is 11.1 Å². The lowest BCUT2D eigenvalue weighted by atomic mass is 10.2. The minimum Gasteiger partial charge on any atom is -0.489 e. The van der Waals surface area contributed by atoms with E-state index in [-0.39, 0.29) is 5.91 Å². The lowest BCUT2D eigenvalue weighted by Gasteiger charge is -2.26. The van der Waals surface area contributed by atoms with Gasteiger partial charge in [0.05, 0.1) is 13.2 Å². The maximum absolute atomic E-state index is 12.0. The smallest absolute Gasteiger partial charge is 0.244 e. The van der Waals surface area contributed by atoms with Crippen LogP contribution in [0.15, 0.2) is 60.7 Å². The summed E-state index contributed by atoms with van der Waals surface area (Å²) in [6.07, 6.45) is 3.37. The molecule has 5 nitrogen and oxygen atoms in total. The zero-order valence-corrected chi connectivity index (χ0v) is 15.5. The fourth-order valence-corrected chi connectivity index (χ4v) is 2.84. The van der Waals surface area contributed by atoms with Crippen molar-refractivity contribution in [1.82, 2.24) is 10.2 Å². The van der Waals surface area contributed by atoms with E-state index in [1.54, 1.807) is 12.2 Å². The van der Waals surface area contributed by atoms with Crippen molar-refractivity contribution in [1.29, 1.82) is 0 Å². The van der Waals surface area contributed by atoms with Gasteiger partial charge in [0.15, 0.2) is 0 Å². The van der Waals surface area contributed by atoms with Crippen LogP contribution in [0, 0.1) is 0 Å². The van der Waals surface area contributed by atoms with Crippen LogP contribution in [0.2, 0.25) is 0 Å². The lowest BCUT2D eigenvalue weighted by Crippen LogP contribution is -2.41. The van der Waals surface area contributed by atoms with Crippen LogP contribution in [0.3, 0.4) is 0 Å². The first-order valence-corrected chi connectivity index (χ1v) is 9.32. The van der Waals surface area contributed by atoms with Crippen molar-refractivity contribution in [3.63, 3.8) is 0 Å². The number of benzene rings is 2.